The van der Waals surface area contributed by atoms with Crippen LogP contribution in [-0.2, 0) is 0 Å². The molecule has 6 heteroatoms. The molecular weight excluding hydrogens is 234 g/mol. The summed E-state index contributed by atoms with van der Waals surface area (Å²) in [6.45, 7) is 1.90. The van der Waals surface area contributed by atoms with E-state index in [0.717, 1.165) is 27.0 Å². The van der Waals surface area contributed by atoms with Gasteiger partial charge in [-0.2, -0.15) is 9.61 Å². The molecule has 86 valence electrons. The third-order valence-corrected chi connectivity index (χ3v) is 3.51. The lowest BCUT2D eigenvalue weighted by atomic mass is 10.2. The maximum Gasteiger partial charge on any atom is 0.234 e. The van der Waals surface area contributed by atoms with Crippen LogP contribution in [-0.4, -0.2) is 26.9 Å². The van der Waals surface area contributed by atoms with Crippen LogP contribution < -0.4 is 5.32 Å². The molecule has 1 N–H and O–H groups in total. The van der Waals surface area contributed by atoms with Gasteiger partial charge in [0.05, 0.1) is 0 Å². The molecule has 0 bridgehead atoms. The van der Waals surface area contributed by atoms with Crippen molar-refractivity contribution in [1.29, 1.82) is 0 Å². The quantitative estimate of drug-likeness (QED) is 0.752. The van der Waals surface area contributed by atoms with Crippen molar-refractivity contribution in [1.82, 2.24) is 19.8 Å². The van der Waals surface area contributed by atoms with Gasteiger partial charge in [0.25, 0.3) is 0 Å². The molecule has 0 aliphatic heterocycles. The molecule has 0 unspecified atom stereocenters. The summed E-state index contributed by atoms with van der Waals surface area (Å²) in [5, 5.41) is 16.7. The fourth-order valence-electron chi connectivity index (χ4n) is 1.71. The fraction of sp³-hybridized carbons (Fsp3) is 0.182. The molecule has 0 aliphatic carbocycles. The first-order chi connectivity index (χ1) is 8.29. The second kappa shape index (κ2) is 3.81. The molecule has 0 saturated carbocycles. The van der Waals surface area contributed by atoms with Gasteiger partial charge in [-0.25, -0.2) is 0 Å². The van der Waals surface area contributed by atoms with Gasteiger partial charge in [-0.1, -0.05) is 23.5 Å². The van der Waals surface area contributed by atoms with E-state index < -0.39 is 0 Å². The summed E-state index contributed by atoms with van der Waals surface area (Å²) in [6.07, 6.45) is 0. The first-order valence-corrected chi connectivity index (χ1v) is 6.07. The van der Waals surface area contributed by atoms with Crippen molar-refractivity contribution < 1.29 is 0 Å². The van der Waals surface area contributed by atoms with E-state index in [9.17, 15) is 0 Å². The zero-order valence-corrected chi connectivity index (χ0v) is 10.3. The Bertz CT molecular complexity index is 669. The summed E-state index contributed by atoms with van der Waals surface area (Å²) in [5.41, 5.74) is 2.15. The lowest BCUT2D eigenvalue weighted by Gasteiger charge is -2.04. The van der Waals surface area contributed by atoms with Crippen LogP contribution in [0.3, 0.4) is 0 Å². The van der Waals surface area contributed by atoms with Crippen molar-refractivity contribution in [3.05, 3.63) is 30.1 Å². The third-order valence-electron chi connectivity index (χ3n) is 2.57. The molecule has 0 fully saturated rings. The highest BCUT2D eigenvalue weighted by atomic mass is 32.1. The van der Waals surface area contributed by atoms with E-state index >= 15 is 0 Å². The Morgan fingerprint density at radius 3 is 2.82 bits per heavy atom. The second-order valence-corrected chi connectivity index (χ2v) is 4.60. The molecule has 5 nitrogen and oxygen atoms in total. The van der Waals surface area contributed by atoms with Crippen molar-refractivity contribution in [2.75, 3.05) is 12.4 Å². The van der Waals surface area contributed by atoms with Gasteiger partial charge in [-0.15, -0.1) is 10.2 Å². The second-order valence-electron chi connectivity index (χ2n) is 3.64. The number of aryl methyl sites for hydroxylation is 1. The molecular formula is C11H11N5S. The third kappa shape index (κ3) is 1.57. The molecule has 3 rings (SSSR count). The van der Waals surface area contributed by atoms with Crippen LogP contribution >= 0.6 is 11.3 Å². The summed E-state index contributed by atoms with van der Waals surface area (Å²) in [4.78, 5) is 0.823. The van der Waals surface area contributed by atoms with Crippen molar-refractivity contribution in [2.45, 2.75) is 6.92 Å². The number of rotatable bonds is 2. The Morgan fingerprint density at radius 2 is 2.06 bits per heavy atom. The number of fused-ring (bicyclic) bond motifs is 1. The van der Waals surface area contributed by atoms with Crippen LogP contribution in [0.15, 0.2) is 24.3 Å². The number of benzene rings is 1. The number of nitrogens with one attached hydrogen (secondary N) is 1. The van der Waals surface area contributed by atoms with Gasteiger partial charge in [0, 0.05) is 18.3 Å². The average molecular weight is 245 g/mol. The predicted molar refractivity (Wildman–Crippen MR) is 68.4 cm³/mol. The molecule has 0 saturated heterocycles. The SMILES string of the molecule is CNc1ccccc1-c1nn2c(C)nnc2s1. The van der Waals surface area contributed by atoms with E-state index in [4.69, 9.17) is 0 Å². The zero-order chi connectivity index (χ0) is 11.8. The minimum atomic E-state index is 0.810. The van der Waals surface area contributed by atoms with E-state index in [1.54, 1.807) is 4.52 Å². The average Bonchev–Trinajstić information content (AvgIpc) is 2.92. The summed E-state index contributed by atoms with van der Waals surface area (Å²) in [7, 11) is 1.91. The topological polar surface area (TPSA) is 55.1 Å². The maximum atomic E-state index is 4.52. The highest BCUT2D eigenvalue weighted by Gasteiger charge is 2.12. The molecule has 0 atom stereocenters. The number of hydrogen-bond donors (Lipinski definition) is 1. The van der Waals surface area contributed by atoms with E-state index in [1.165, 1.54) is 11.3 Å². The Kier molecular flexibility index (Phi) is 2.29. The van der Waals surface area contributed by atoms with Gasteiger partial charge in [-0.3, -0.25) is 0 Å². The summed E-state index contributed by atoms with van der Waals surface area (Å²) < 4.78 is 1.77. The largest absolute Gasteiger partial charge is 0.388 e. The van der Waals surface area contributed by atoms with Crippen LogP contribution in [0.25, 0.3) is 15.5 Å². The van der Waals surface area contributed by atoms with E-state index in [-0.39, 0.29) is 0 Å². The molecule has 0 spiro atoms. The van der Waals surface area contributed by atoms with Gasteiger partial charge >= 0.3 is 0 Å². The van der Waals surface area contributed by atoms with Gasteiger partial charge < -0.3 is 5.32 Å². The van der Waals surface area contributed by atoms with Gasteiger partial charge in [0.1, 0.15) is 5.01 Å². The van der Waals surface area contributed by atoms with Gasteiger partial charge in [-0.05, 0) is 19.1 Å². The number of anilines is 1. The van der Waals surface area contributed by atoms with E-state index in [1.807, 2.05) is 38.2 Å². The van der Waals surface area contributed by atoms with Crippen molar-refractivity contribution in [2.24, 2.45) is 0 Å². The van der Waals surface area contributed by atoms with Gasteiger partial charge in [0.15, 0.2) is 5.82 Å². The summed E-state index contributed by atoms with van der Waals surface area (Å²) >= 11 is 1.54. The van der Waals surface area contributed by atoms with Crippen LogP contribution in [0.2, 0.25) is 0 Å². The molecule has 0 radical (unpaired) electrons. The highest BCUT2D eigenvalue weighted by molar-refractivity contribution is 7.19. The monoisotopic (exact) mass is 245 g/mol. The van der Waals surface area contributed by atoms with Crippen LogP contribution in [0.4, 0.5) is 5.69 Å². The molecule has 17 heavy (non-hydrogen) atoms. The number of hydrogen-bond acceptors (Lipinski definition) is 5. The summed E-state index contributed by atoms with van der Waals surface area (Å²) in [6, 6.07) is 8.09. The Morgan fingerprint density at radius 1 is 1.24 bits per heavy atom. The smallest absolute Gasteiger partial charge is 0.234 e. The number of para-hydroxylation sites is 1. The lowest BCUT2D eigenvalue weighted by molar-refractivity contribution is 0.898. The van der Waals surface area contributed by atoms with Crippen LogP contribution in [0, 0.1) is 6.92 Å². The Hall–Kier alpha value is -1.95. The molecule has 1 aromatic carbocycles. The van der Waals surface area contributed by atoms with Crippen LogP contribution in [0.1, 0.15) is 5.82 Å². The van der Waals surface area contributed by atoms with Crippen molar-refractivity contribution in [3.8, 4) is 10.6 Å². The highest BCUT2D eigenvalue weighted by Crippen LogP contribution is 2.30. The number of nitrogens with zero attached hydrogens (tertiary/aromatic N) is 4. The standard InChI is InChI=1S/C11H11N5S/c1-7-13-14-11-16(7)15-10(17-11)8-5-3-4-6-9(8)12-2/h3-6,12H,1-2H3. The maximum absolute atomic E-state index is 4.52. The number of aromatic nitrogens is 4. The van der Waals surface area contributed by atoms with Crippen LogP contribution in [0.5, 0.6) is 0 Å². The minimum Gasteiger partial charge on any atom is -0.388 e. The predicted octanol–water partition coefficient (Wildman–Crippen LogP) is 2.20. The van der Waals surface area contributed by atoms with Gasteiger partial charge in [0.2, 0.25) is 4.96 Å². The molecule has 0 amide bonds. The first kappa shape index (κ1) is 10.2. The van der Waals surface area contributed by atoms with Crippen molar-refractivity contribution in [3.63, 3.8) is 0 Å². The van der Waals surface area contributed by atoms with E-state index in [2.05, 4.69) is 20.6 Å². The molecule has 3 aromatic rings. The fourth-order valence-corrected chi connectivity index (χ4v) is 2.64. The zero-order valence-electron chi connectivity index (χ0n) is 9.51. The van der Waals surface area contributed by atoms with Crippen molar-refractivity contribution >= 4 is 22.0 Å². The molecule has 2 heterocycles. The summed E-state index contributed by atoms with van der Waals surface area (Å²) in [5.74, 6) is 0.810. The Labute approximate surface area is 102 Å². The molecule has 0 aliphatic rings. The Balaban J connectivity index is 2.20. The van der Waals surface area contributed by atoms with E-state index in [0.29, 0.717) is 0 Å². The lowest BCUT2D eigenvalue weighted by Crippen LogP contribution is -1.93. The normalized spacial score (nSPS) is 10.9. The first-order valence-electron chi connectivity index (χ1n) is 5.25. The molecule has 2 aromatic heterocycles. The minimum absolute atomic E-state index is 0.810.